The summed E-state index contributed by atoms with van der Waals surface area (Å²) in [6, 6.07) is 0. The maximum Gasteiger partial charge on any atom is 0.0780 e. The Morgan fingerprint density at radius 2 is 2.42 bits per heavy atom. The molecule has 1 atom stereocenters. The smallest absolute Gasteiger partial charge is 0.0780 e. The normalized spacial score (nSPS) is 29.5. The van der Waals surface area contributed by atoms with Crippen LogP contribution in [0.4, 0.5) is 0 Å². The number of rotatable bonds is 5. The molecule has 2 nitrogen and oxygen atoms in total. The van der Waals surface area contributed by atoms with Gasteiger partial charge in [-0.25, -0.2) is 0 Å². The molecule has 1 aliphatic rings. The van der Waals surface area contributed by atoms with E-state index in [2.05, 4.69) is 15.9 Å². The van der Waals surface area contributed by atoms with Gasteiger partial charge in [-0.1, -0.05) is 15.9 Å². The largest absolute Gasteiger partial charge is 0.385 e. The molecule has 0 spiro atoms. The van der Waals surface area contributed by atoms with Crippen LogP contribution in [0.25, 0.3) is 0 Å². The van der Waals surface area contributed by atoms with Gasteiger partial charge in [0.2, 0.25) is 0 Å². The van der Waals surface area contributed by atoms with Crippen LogP contribution < -0.4 is 0 Å². The second-order valence-electron chi connectivity index (χ2n) is 3.37. The average Bonchev–Trinajstić information content (AvgIpc) is 2.55. The van der Waals surface area contributed by atoms with Crippen molar-refractivity contribution >= 4 is 15.9 Å². The zero-order chi connectivity index (χ0) is 8.86. The zero-order valence-electron chi connectivity index (χ0n) is 7.64. The van der Waals surface area contributed by atoms with Crippen LogP contribution in [-0.4, -0.2) is 31.3 Å². The van der Waals surface area contributed by atoms with E-state index in [1.807, 2.05) is 0 Å². The monoisotopic (exact) mass is 236 g/mol. The van der Waals surface area contributed by atoms with E-state index < -0.39 is 0 Å². The van der Waals surface area contributed by atoms with Crippen molar-refractivity contribution in [3.63, 3.8) is 0 Å². The molecule has 0 N–H and O–H groups in total. The van der Waals surface area contributed by atoms with Gasteiger partial charge in [-0.15, -0.1) is 0 Å². The van der Waals surface area contributed by atoms with Crippen molar-refractivity contribution in [3.8, 4) is 0 Å². The summed E-state index contributed by atoms with van der Waals surface area (Å²) >= 11 is 3.52. The van der Waals surface area contributed by atoms with Gasteiger partial charge in [-0.05, 0) is 25.7 Å². The fraction of sp³-hybridized carbons (Fsp3) is 1.00. The summed E-state index contributed by atoms with van der Waals surface area (Å²) in [6.07, 6.45) is 4.62. The highest BCUT2D eigenvalue weighted by Crippen LogP contribution is 2.31. The van der Waals surface area contributed by atoms with Crippen LogP contribution in [0.15, 0.2) is 0 Å². The number of methoxy groups -OCH3 is 1. The summed E-state index contributed by atoms with van der Waals surface area (Å²) in [5.41, 5.74) is 0.124. The number of halogens is 1. The van der Waals surface area contributed by atoms with E-state index in [0.717, 1.165) is 31.4 Å². The lowest BCUT2D eigenvalue weighted by molar-refractivity contribution is 0.0118. The van der Waals surface area contributed by atoms with Crippen LogP contribution in [0.2, 0.25) is 0 Å². The zero-order valence-corrected chi connectivity index (χ0v) is 9.23. The van der Waals surface area contributed by atoms with Crippen molar-refractivity contribution in [2.45, 2.75) is 31.3 Å². The quantitative estimate of drug-likeness (QED) is 0.539. The van der Waals surface area contributed by atoms with Gasteiger partial charge in [0, 0.05) is 25.7 Å². The van der Waals surface area contributed by atoms with E-state index in [4.69, 9.17) is 9.47 Å². The third-order valence-corrected chi connectivity index (χ3v) is 3.43. The summed E-state index contributed by atoms with van der Waals surface area (Å²) in [5.74, 6) is 0. The summed E-state index contributed by atoms with van der Waals surface area (Å²) in [4.78, 5) is 0. The highest BCUT2D eigenvalue weighted by molar-refractivity contribution is 9.09. The van der Waals surface area contributed by atoms with Gasteiger partial charge >= 0.3 is 0 Å². The number of hydrogen-bond acceptors (Lipinski definition) is 2. The van der Waals surface area contributed by atoms with Crippen molar-refractivity contribution < 1.29 is 9.47 Å². The van der Waals surface area contributed by atoms with E-state index in [-0.39, 0.29) is 5.60 Å². The predicted molar refractivity (Wildman–Crippen MR) is 52.8 cm³/mol. The molecule has 3 heteroatoms. The van der Waals surface area contributed by atoms with E-state index >= 15 is 0 Å². The van der Waals surface area contributed by atoms with Crippen LogP contribution in [-0.2, 0) is 9.47 Å². The summed E-state index contributed by atoms with van der Waals surface area (Å²) < 4.78 is 10.8. The Balaban J connectivity index is 2.24. The second-order valence-corrected chi connectivity index (χ2v) is 3.93. The SMILES string of the molecule is COCCCC1(CBr)CCCO1. The van der Waals surface area contributed by atoms with Gasteiger partial charge in [0.15, 0.2) is 0 Å². The molecule has 0 radical (unpaired) electrons. The molecule has 0 saturated carbocycles. The number of hydrogen-bond donors (Lipinski definition) is 0. The Morgan fingerprint density at radius 3 is 2.92 bits per heavy atom. The van der Waals surface area contributed by atoms with Gasteiger partial charge in [-0.3, -0.25) is 0 Å². The van der Waals surface area contributed by atoms with Crippen molar-refractivity contribution in [3.05, 3.63) is 0 Å². The highest BCUT2D eigenvalue weighted by Gasteiger charge is 2.33. The molecule has 1 rings (SSSR count). The number of ether oxygens (including phenoxy) is 2. The molecule has 1 aliphatic heterocycles. The first kappa shape index (κ1) is 10.5. The summed E-state index contributed by atoms with van der Waals surface area (Å²) in [7, 11) is 1.75. The average molecular weight is 237 g/mol. The van der Waals surface area contributed by atoms with Gasteiger partial charge in [0.25, 0.3) is 0 Å². The van der Waals surface area contributed by atoms with Crippen LogP contribution in [0.3, 0.4) is 0 Å². The Bertz CT molecular complexity index is 122. The van der Waals surface area contributed by atoms with E-state index in [1.165, 1.54) is 12.8 Å². The standard InChI is InChI=1S/C9H17BrO2/c1-11-6-2-4-9(8-10)5-3-7-12-9/h2-8H2,1H3. The lowest BCUT2D eigenvalue weighted by Crippen LogP contribution is -2.29. The first-order valence-corrected chi connectivity index (χ1v) is 5.64. The van der Waals surface area contributed by atoms with Crippen molar-refractivity contribution in [2.24, 2.45) is 0 Å². The molecule has 1 heterocycles. The molecule has 12 heavy (non-hydrogen) atoms. The molecule has 1 fully saturated rings. The lowest BCUT2D eigenvalue weighted by atomic mass is 9.97. The summed E-state index contributed by atoms with van der Waals surface area (Å²) in [5, 5.41) is 0.962. The summed E-state index contributed by atoms with van der Waals surface area (Å²) in [6.45, 7) is 1.77. The molecule has 0 aromatic rings. The van der Waals surface area contributed by atoms with Gasteiger partial charge < -0.3 is 9.47 Å². The molecular formula is C9H17BrO2. The molecule has 0 amide bonds. The molecule has 1 unspecified atom stereocenters. The topological polar surface area (TPSA) is 18.5 Å². The van der Waals surface area contributed by atoms with Crippen LogP contribution in [0.5, 0.6) is 0 Å². The second kappa shape index (κ2) is 5.20. The van der Waals surface area contributed by atoms with Gasteiger partial charge in [-0.2, -0.15) is 0 Å². The van der Waals surface area contributed by atoms with Gasteiger partial charge in [0.05, 0.1) is 5.60 Å². The van der Waals surface area contributed by atoms with Crippen LogP contribution in [0, 0.1) is 0 Å². The minimum absolute atomic E-state index is 0.124. The molecule has 0 aromatic carbocycles. The van der Waals surface area contributed by atoms with Crippen molar-refractivity contribution in [2.75, 3.05) is 25.7 Å². The fourth-order valence-electron chi connectivity index (χ4n) is 1.66. The minimum atomic E-state index is 0.124. The van der Waals surface area contributed by atoms with E-state index in [9.17, 15) is 0 Å². The third-order valence-electron chi connectivity index (χ3n) is 2.41. The molecule has 72 valence electrons. The molecule has 0 aliphatic carbocycles. The van der Waals surface area contributed by atoms with Crippen molar-refractivity contribution in [1.82, 2.24) is 0 Å². The lowest BCUT2D eigenvalue weighted by Gasteiger charge is -2.25. The van der Waals surface area contributed by atoms with Gasteiger partial charge in [0.1, 0.15) is 0 Å². The first-order valence-electron chi connectivity index (χ1n) is 4.52. The van der Waals surface area contributed by atoms with E-state index in [0.29, 0.717) is 0 Å². The fourth-order valence-corrected chi connectivity index (χ4v) is 2.39. The predicted octanol–water partition coefficient (Wildman–Crippen LogP) is 2.36. The number of alkyl halides is 1. The molecule has 0 bridgehead atoms. The Labute approximate surface area is 82.7 Å². The Hall–Kier alpha value is 0.400. The van der Waals surface area contributed by atoms with Crippen LogP contribution >= 0.6 is 15.9 Å². The van der Waals surface area contributed by atoms with Crippen molar-refractivity contribution in [1.29, 1.82) is 0 Å². The Morgan fingerprint density at radius 1 is 1.58 bits per heavy atom. The highest BCUT2D eigenvalue weighted by atomic mass is 79.9. The molecular weight excluding hydrogens is 220 g/mol. The van der Waals surface area contributed by atoms with Crippen LogP contribution in [0.1, 0.15) is 25.7 Å². The Kier molecular flexibility index (Phi) is 4.54. The minimum Gasteiger partial charge on any atom is -0.385 e. The third kappa shape index (κ3) is 2.71. The maximum absolute atomic E-state index is 5.73. The maximum atomic E-state index is 5.73. The molecule has 0 aromatic heterocycles. The first-order chi connectivity index (χ1) is 5.83. The van der Waals surface area contributed by atoms with E-state index in [1.54, 1.807) is 7.11 Å². The molecule has 1 saturated heterocycles.